The number of rotatable bonds is 3. The number of hydrogen-bond acceptors (Lipinski definition) is 1. The lowest BCUT2D eigenvalue weighted by atomic mass is 10.0. The Morgan fingerprint density at radius 2 is 1.79 bits per heavy atom. The van der Waals surface area contributed by atoms with Crippen LogP contribution >= 0.6 is 0 Å². The summed E-state index contributed by atoms with van der Waals surface area (Å²) >= 11 is 0. The van der Waals surface area contributed by atoms with Gasteiger partial charge < -0.3 is 4.98 Å². The third-order valence-electron chi connectivity index (χ3n) is 2.75. The molecule has 1 aromatic heterocycles. The molecule has 0 aliphatic heterocycles. The molecule has 0 amide bonds. The van der Waals surface area contributed by atoms with E-state index in [-0.39, 0.29) is 0 Å². The highest BCUT2D eigenvalue weighted by Gasteiger charge is 2.34. The number of H-pyrrole nitrogens is 1. The van der Waals surface area contributed by atoms with E-state index in [9.17, 15) is 13.2 Å². The molecular weight excluding hydrogens is 253 g/mol. The molecule has 5 heteroatoms. The number of aromatic nitrogens is 2. The van der Waals surface area contributed by atoms with E-state index in [4.69, 9.17) is 0 Å². The molecule has 2 aromatic rings. The number of halogens is 3. The van der Waals surface area contributed by atoms with Gasteiger partial charge in [-0.3, -0.25) is 0 Å². The van der Waals surface area contributed by atoms with Crippen LogP contribution in [0.15, 0.2) is 30.5 Å². The number of nitrogens with zero attached hydrogens (tertiary/aromatic N) is 1. The van der Waals surface area contributed by atoms with Gasteiger partial charge in [-0.1, -0.05) is 38.1 Å². The van der Waals surface area contributed by atoms with Gasteiger partial charge in [-0.25, -0.2) is 4.98 Å². The van der Waals surface area contributed by atoms with Gasteiger partial charge in [0.1, 0.15) is 0 Å². The van der Waals surface area contributed by atoms with Crippen LogP contribution in [0.1, 0.15) is 25.2 Å². The van der Waals surface area contributed by atoms with E-state index in [0.717, 1.165) is 6.42 Å². The summed E-state index contributed by atoms with van der Waals surface area (Å²) in [6.07, 6.45) is -2.27. The molecule has 0 radical (unpaired) electrons. The highest BCUT2D eigenvalue weighted by atomic mass is 19.4. The van der Waals surface area contributed by atoms with Crippen molar-refractivity contribution in [2.45, 2.75) is 26.4 Å². The summed E-state index contributed by atoms with van der Waals surface area (Å²) in [5.41, 5.74) is 2.26. The number of hydrogen-bond donors (Lipinski definition) is 1. The molecule has 19 heavy (non-hydrogen) atoms. The van der Waals surface area contributed by atoms with Gasteiger partial charge in [0, 0.05) is 0 Å². The quantitative estimate of drug-likeness (QED) is 0.883. The van der Waals surface area contributed by atoms with Crippen LogP contribution in [-0.4, -0.2) is 9.97 Å². The number of alkyl halides is 3. The molecule has 1 aromatic carbocycles. The lowest BCUT2D eigenvalue weighted by Gasteiger charge is -2.05. The number of aromatic amines is 1. The third kappa shape index (κ3) is 3.36. The molecule has 0 saturated heterocycles. The smallest absolute Gasteiger partial charge is 0.334 e. The van der Waals surface area contributed by atoms with E-state index in [0.29, 0.717) is 17.2 Å². The van der Waals surface area contributed by atoms with Crippen molar-refractivity contribution in [1.82, 2.24) is 9.97 Å². The summed E-state index contributed by atoms with van der Waals surface area (Å²) < 4.78 is 37.3. The molecule has 0 fully saturated rings. The van der Waals surface area contributed by atoms with Gasteiger partial charge in [0.15, 0.2) is 0 Å². The van der Waals surface area contributed by atoms with Crippen LogP contribution < -0.4 is 0 Å². The zero-order valence-electron chi connectivity index (χ0n) is 10.8. The molecule has 0 aliphatic rings. The fourth-order valence-corrected chi connectivity index (χ4v) is 1.90. The van der Waals surface area contributed by atoms with Crippen LogP contribution in [0.25, 0.3) is 11.3 Å². The molecule has 2 rings (SSSR count). The lowest BCUT2D eigenvalue weighted by molar-refractivity contribution is -0.144. The topological polar surface area (TPSA) is 28.7 Å². The fraction of sp³-hybridized carbons (Fsp3) is 0.357. The minimum absolute atomic E-state index is 0.378. The number of imidazole rings is 1. The highest BCUT2D eigenvalue weighted by molar-refractivity contribution is 5.58. The summed E-state index contributed by atoms with van der Waals surface area (Å²) in [5, 5.41) is 0. The molecule has 0 aliphatic carbocycles. The van der Waals surface area contributed by atoms with Crippen LogP contribution in [0, 0.1) is 5.92 Å². The predicted molar refractivity (Wildman–Crippen MR) is 67.6 cm³/mol. The van der Waals surface area contributed by atoms with Crippen LogP contribution in [0.2, 0.25) is 0 Å². The molecule has 0 atom stereocenters. The molecule has 1 N–H and O–H groups in total. The van der Waals surface area contributed by atoms with Crippen molar-refractivity contribution in [2.24, 2.45) is 5.92 Å². The Hall–Kier alpha value is -1.78. The third-order valence-corrected chi connectivity index (χ3v) is 2.75. The first-order chi connectivity index (χ1) is 8.86. The molecule has 0 unspecified atom stereocenters. The first-order valence-electron chi connectivity index (χ1n) is 6.08. The molecule has 0 bridgehead atoms. The second-order valence-corrected chi connectivity index (χ2v) is 4.94. The van der Waals surface area contributed by atoms with Crippen LogP contribution in [0.3, 0.4) is 0 Å². The summed E-state index contributed by atoms with van der Waals surface area (Å²) in [5.74, 6) is -0.413. The van der Waals surface area contributed by atoms with Crippen molar-refractivity contribution in [3.63, 3.8) is 0 Å². The largest absolute Gasteiger partial charge is 0.449 e. The van der Waals surface area contributed by atoms with Crippen LogP contribution in [0.4, 0.5) is 13.2 Å². The van der Waals surface area contributed by atoms with Crippen molar-refractivity contribution in [2.75, 3.05) is 0 Å². The Morgan fingerprint density at radius 3 is 2.26 bits per heavy atom. The van der Waals surface area contributed by atoms with Crippen molar-refractivity contribution in [3.05, 3.63) is 41.9 Å². The first-order valence-corrected chi connectivity index (χ1v) is 6.08. The maximum Gasteiger partial charge on any atom is 0.449 e. The van der Waals surface area contributed by atoms with Gasteiger partial charge >= 0.3 is 6.18 Å². The summed E-state index contributed by atoms with van der Waals surface area (Å²) in [7, 11) is 0. The van der Waals surface area contributed by atoms with Gasteiger partial charge in [-0.15, -0.1) is 0 Å². The molecule has 0 saturated carbocycles. The second-order valence-electron chi connectivity index (χ2n) is 4.94. The minimum atomic E-state index is -4.43. The minimum Gasteiger partial charge on any atom is -0.334 e. The van der Waals surface area contributed by atoms with E-state index in [2.05, 4.69) is 23.8 Å². The van der Waals surface area contributed by atoms with E-state index in [1.54, 1.807) is 0 Å². The van der Waals surface area contributed by atoms with E-state index < -0.39 is 12.0 Å². The van der Waals surface area contributed by atoms with Crippen molar-refractivity contribution in [3.8, 4) is 11.3 Å². The zero-order chi connectivity index (χ0) is 14.0. The highest BCUT2D eigenvalue weighted by Crippen LogP contribution is 2.28. The normalized spacial score (nSPS) is 12.1. The van der Waals surface area contributed by atoms with E-state index >= 15 is 0 Å². The Balaban J connectivity index is 2.20. The van der Waals surface area contributed by atoms with Gasteiger partial charge in [0.05, 0.1) is 11.9 Å². The average molecular weight is 268 g/mol. The predicted octanol–water partition coefficient (Wildman–Crippen LogP) is 4.29. The Bertz CT molecular complexity index is 539. The Kier molecular flexibility index (Phi) is 3.64. The molecule has 102 valence electrons. The second kappa shape index (κ2) is 5.07. The van der Waals surface area contributed by atoms with Crippen molar-refractivity contribution < 1.29 is 13.2 Å². The van der Waals surface area contributed by atoms with Gasteiger partial charge in [-0.05, 0) is 23.5 Å². The molecular formula is C14H15F3N2. The molecule has 2 nitrogen and oxygen atoms in total. The SMILES string of the molecule is CC(C)Cc1ccc(-c2cnc(C(F)(F)F)[nH]2)cc1. The average Bonchev–Trinajstić information content (AvgIpc) is 2.78. The van der Waals surface area contributed by atoms with Crippen molar-refractivity contribution in [1.29, 1.82) is 0 Å². The maximum atomic E-state index is 12.4. The lowest BCUT2D eigenvalue weighted by Crippen LogP contribution is -2.07. The number of benzene rings is 1. The summed E-state index contributed by atoms with van der Waals surface area (Å²) in [4.78, 5) is 5.65. The number of nitrogens with one attached hydrogen (secondary N) is 1. The fourth-order valence-electron chi connectivity index (χ4n) is 1.90. The zero-order valence-corrected chi connectivity index (χ0v) is 10.8. The molecule has 1 heterocycles. The Morgan fingerprint density at radius 1 is 1.16 bits per heavy atom. The van der Waals surface area contributed by atoms with Crippen LogP contribution in [-0.2, 0) is 12.6 Å². The monoisotopic (exact) mass is 268 g/mol. The van der Waals surface area contributed by atoms with Crippen molar-refractivity contribution >= 4 is 0 Å². The van der Waals surface area contributed by atoms with E-state index in [1.165, 1.54) is 11.8 Å². The van der Waals surface area contributed by atoms with Gasteiger partial charge in [0.25, 0.3) is 0 Å². The van der Waals surface area contributed by atoms with Crippen LogP contribution in [0.5, 0.6) is 0 Å². The summed E-state index contributed by atoms with van der Waals surface area (Å²) in [6.45, 7) is 4.25. The standard InChI is InChI=1S/C14H15F3N2/c1-9(2)7-10-3-5-11(6-4-10)12-8-18-13(19-12)14(15,16)17/h3-6,8-9H,7H2,1-2H3,(H,18,19). The van der Waals surface area contributed by atoms with Gasteiger partial charge in [0.2, 0.25) is 5.82 Å². The molecule has 0 spiro atoms. The van der Waals surface area contributed by atoms with Gasteiger partial charge in [-0.2, -0.15) is 13.2 Å². The first kappa shape index (κ1) is 13.6. The summed E-state index contributed by atoms with van der Waals surface area (Å²) in [6, 6.07) is 7.49. The van der Waals surface area contributed by atoms with E-state index in [1.807, 2.05) is 24.3 Å². The maximum absolute atomic E-state index is 12.4. The Labute approximate surface area is 109 Å².